The maximum atomic E-state index is 5.97. The van der Waals surface area contributed by atoms with E-state index in [1.165, 1.54) is 65.9 Å². The lowest BCUT2D eigenvalue weighted by molar-refractivity contribution is 0.197. The zero-order valence-corrected chi connectivity index (χ0v) is 21.0. The number of hydrogen-bond donors (Lipinski definition) is 1. The van der Waals surface area contributed by atoms with Crippen LogP contribution in [0.4, 0.5) is 0 Å². The second kappa shape index (κ2) is 8.94. The number of thiocarbonyl (C=S) groups is 1. The fraction of sp³-hybridized carbons (Fsp3) is 0.429. The molecule has 3 heterocycles. The Balaban J connectivity index is 1.64. The predicted molar refractivity (Wildman–Crippen MR) is 139 cm³/mol. The number of nitrogens with one attached hydrogen (secondary N) is 1. The molecule has 1 aliphatic heterocycles. The van der Waals surface area contributed by atoms with Gasteiger partial charge in [0.15, 0.2) is 5.11 Å². The van der Waals surface area contributed by atoms with Crippen LogP contribution in [0, 0.1) is 27.7 Å². The highest BCUT2D eigenvalue weighted by Crippen LogP contribution is 2.44. The van der Waals surface area contributed by atoms with E-state index in [-0.39, 0.29) is 12.1 Å². The van der Waals surface area contributed by atoms with Gasteiger partial charge in [-0.3, -0.25) is 4.98 Å². The van der Waals surface area contributed by atoms with E-state index in [2.05, 4.69) is 78.9 Å². The van der Waals surface area contributed by atoms with Crippen molar-refractivity contribution in [2.75, 3.05) is 0 Å². The van der Waals surface area contributed by atoms with Gasteiger partial charge in [-0.25, -0.2) is 0 Å². The second-order valence-electron chi connectivity index (χ2n) is 9.83. The lowest BCUT2D eigenvalue weighted by Crippen LogP contribution is -2.40. The van der Waals surface area contributed by atoms with Gasteiger partial charge in [0, 0.05) is 29.3 Å². The molecule has 0 amide bonds. The van der Waals surface area contributed by atoms with E-state index >= 15 is 0 Å². The topological polar surface area (TPSA) is 33.1 Å². The third-order valence-corrected chi connectivity index (χ3v) is 7.69. The molecule has 2 atom stereocenters. The molecule has 172 valence electrons. The first-order chi connectivity index (χ1) is 15.9. The summed E-state index contributed by atoms with van der Waals surface area (Å²) in [4.78, 5) is 7.25. The van der Waals surface area contributed by atoms with E-state index in [0.717, 1.165) is 10.8 Å². The molecule has 0 radical (unpaired) electrons. The second-order valence-corrected chi connectivity index (χ2v) is 10.2. The first-order valence-corrected chi connectivity index (χ1v) is 12.6. The summed E-state index contributed by atoms with van der Waals surface area (Å²) in [7, 11) is 0. The maximum absolute atomic E-state index is 5.97. The molecule has 5 rings (SSSR count). The molecule has 5 heteroatoms. The summed E-state index contributed by atoms with van der Waals surface area (Å²) in [6.45, 7) is 8.82. The highest BCUT2D eigenvalue weighted by Gasteiger charge is 2.44. The minimum absolute atomic E-state index is 0.0498. The van der Waals surface area contributed by atoms with Gasteiger partial charge in [-0.1, -0.05) is 31.4 Å². The number of hydrogen-bond acceptors (Lipinski definition) is 2. The maximum Gasteiger partial charge on any atom is 0.170 e. The Hall–Kier alpha value is -2.66. The number of benzene rings is 1. The molecule has 1 saturated heterocycles. The van der Waals surface area contributed by atoms with E-state index in [1.54, 1.807) is 0 Å². The van der Waals surface area contributed by atoms with Crippen molar-refractivity contribution in [3.05, 3.63) is 82.4 Å². The Labute approximate surface area is 203 Å². The minimum Gasteiger partial charge on any atom is -0.352 e. The zero-order valence-electron chi connectivity index (χ0n) is 20.1. The Bertz CT molecular complexity index is 1140. The third kappa shape index (κ3) is 4.08. The van der Waals surface area contributed by atoms with Gasteiger partial charge in [0.2, 0.25) is 0 Å². The standard InChI is InChI=1S/C28H34N4S/c1-18-14-19(2)16-23(15-18)31-20(3)17-24(21(31)4)27-26(25-12-8-9-13-29-25)30-28(33)32(27)22-10-6-5-7-11-22/h8-9,12-17,22,26-27H,5-7,10-11H2,1-4H3,(H,30,33)/t26-,27-/m0/s1. The van der Waals surface area contributed by atoms with Crippen LogP contribution in [0.3, 0.4) is 0 Å². The fourth-order valence-corrected chi connectivity index (χ4v) is 6.40. The van der Waals surface area contributed by atoms with E-state index in [9.17, 15) is 0 Å². The van der Waals surface area contributed by atoms with Crippen LogP contribution in [0.15, 0.2) is 48.7 Å². The number of nitrogens with zero attached hydrogens (tertiary/aromatic N) is 3. The fourth-order valence-electron chi connectivity index (χ4n) is 6.01. The summed E-state index contributed by atoms with van der Waals surface area (Å²) >= 11 is 5.97. The molecule has 2 aliphatic rings. The van der Waals surface area contributed by atoms with Crippen molar-refractivity contribution in [1.82, 2.24) is 19.8 Å². The van der Waals surface area contributed by atoms with Crippen molar-refractivity contribution in [3.63, 3.8) is 0 Å². The molecule has 33 heavy (non-hydrogen) atoms. The first-order valence-electron chi connectivity index (χ1n) is 12.2. The van der Waals surface area contributed by atoms with Crippen molar-refractivity contribution in [2.45, 2.75) is 77.9 Å². The van der Waals surface area contributed by atoms with Gasteiger partial charge in [-0.2, -0.15) is 0 Å². The predicted octanol–water partition coefficient (Wildman–Crippen LogP) is 6.41. The Kier molecular flexibility index (Phi) is 6.00. The van der Waals surface area contributed by atoms with Gasteiger partial charge in [0.25, 0.3) is 0 Å². The van der Waals surface area contributed by atoms with E-state index in [1.807, 2.05) is 12.3 Å². The van der Waals surface area contributed by atoms with Crippen molar-refractivity contribution in [1.29, 1.82) is 0 Å². The normalized spacial score (nSPS) is 21.5. The van der Waals surface area contributed by atoms with E-state index < -0.39 is 0 Å². The Morgan fingerprint density at radius 3 is 2.33 bits per heavy atom. The molecular weight excluding hydrogens is 424 g/mol. The van der Waals surface area contributed by atoms with Gasteiger partial charge in [0.05, 0.1) is 17.8 Å². The van der Waals surface area contributed by atoms with Crippen molar-refractivity contribution >= 4 is 17.3 Å². The SMILES string of the molecule is Cc1cc(C)cc(-n2c(C)cc([C@H]3[C@H](c4ccccn4)NC(=S)N3C3CCCCC3)c2C)c1. The van der Waals surface area contributed by atoms with Crippen LogP contribution < -0.4 is 5.32 Å². The van der Waals surface area contributed by atoms with Gasteiger partial charge in [0.1, 0.15) is 0 Å². The quantitative estimate of drug-likeness (QED) is 0.458. The summed E-state index contributed by atoms with van der Waals surface area (Å²) < 4.78 is 2.41. The molecule has 0 bridgehead atoms. The van der Waals surface area contributed by atoms with Crippen LogP contribution >= 0.6 is 12.2 Å². The molecule has 2 aromatic heterocycles. The lowest BCUT2D eigenvalue weighted by atomic mass is 9.90. The monoisotopic (exact) mass is 458 g/mol. The number of rotatable bonds is 4. The highest BCUT2D eigenvalue weighted by molar-refractivity contribution is 7.80. The van der Waals surface area contributed by atoms with Gasteiger partial charge in [-0.05, 0) is 99.8 Å². The zero-order chi connectivity index (χ0) is 23.1. The smallest absolute Gasteiger partial charge is 0.170 e. The first kappa shape index (κ1) is 22.1. The molecular formula is C28H34N4S. The van der Waals surface area contributed by atoms with Crippen LogP contribution in [0.25, 0.3) is 5.69 Å². The number of pyridine rings is 1. The Morgan fingerprint density at radius 2 is 1.67 bits per heavy atom. The van der Waals surface area contributed by atoms with Crippen LogP contribution in [-0.2, 0) is 0 Å². The molecule has 2 fully saturated rings. The molecule has 0 spiro atoms. The molecule has 1 aromatic carbocycles. The average Bonchev–Trinajstić information content (AvgIpc) is 3.29. The highest BCUT2D eigenvalue weighted by atomic mass is 32.1. The van der Waals surface area contributed by atoms with E-state index in [0.29, 0.717) is 6.04 Å². The van der Waals surface area contributed by atoms with E-state index in [4.69, 9.17) is 17.2 Å². The summed E-state index contributed by atoms with van der Waals surface area (Å²) in [6, 6.07) is 16.0. The van der Waals surface area contributed by atoms with Crippen LogP contribution in [0.1, 0.15) is 78.0 Å². The van der Waals surface area contributed by atoms with Gasteiger partial charge >= 0.3 is 0 Å². The molecule has 1 saturated carbocycles. The van der Waals surface area contributed by atoms with Gasteiger partial charge < -0.3 is 14.8 Å². The summed E-state index contributed by atoms with van der Waals surface area (Å²) in [5.74, 6) is 0. The van der Waals surface area contributed by atoms with Crippen LogP contribution in [0.2, 0.25) is 0 Å². The molecule has 1 N–H and O–H groups in total. The summed E-state index contributed by atoms with van der Waals surface area (Å²) in [5, 5.41) is 4.54. The van der Waals surface area contributed by atoms with Crippen molar-refractivity contribution in [2.24, 2.45) is 0 Å². The molecule has 3 aromatic rings. The number of aromatic nitrogens is 2. The van der Waals surface area contributed by atoms with Crippen molar-refractivity contribution in [3.8, 4) is 5.69 Å². The van der Waals surface area contributed by atoms with Crippen molar-refractivity contribution < 1.29 is 0 Å². The summed E-state index contributed by atoms with van der Waals surface area (Å²) in [6.07, 6.45) is 8.21. The molecule has 0 unspecified atom stereocenters. The summed E-state index contributed by atoms with van der Waals surface area (Å²) in [5.41, 5.74) is 8.76. The minimum atomic E-state index is 0.0498. The largest absolute Gasteiger partial charge is 0.352 e. The Morgan fingerprint density at radius 1 is 0.939 bits per heavy atom. The lowest BCUT2D eigenvalue weighted by Gasteiger charge is -2.37. The molecule has 1 aliphatic carbocycles. The van der Waals surface area contributed by atoms with Crippen LogP contribution in [-0.4, -0.2) is 25.6 Å². The van der Waals surface area contributed by atoms with Gasteiger partial charge in [-0.15, -0.1) is 0 Å². The van der Waals surface area contributed by atoms with Crippen LogP contribution in [0.5, 0.6) is 0 Å². The average molecular weight is 459 g/mol. The number of aryl methyl sites for hydroxylation is 3. The third-order valence-electron chi connectivity index (χ3n) is 7.36. The molecule has 4 nitrogen and oxygen atoms in total.